The zero-order valence-electron chi connectivity index (χ0n) is 12.4. The van der Waals surface area contributed by atoms with Gasteiger partial charge in [-0.15, -0.1) is 16.4 Å². The third-order valence-electron chi connectivity index (χ3n) is 4.22. The molecule has 0 aliphatic heterocycles. The molecule has 9 nitrogen and oxygen atoms in total. The molecule has 24 heavy (non-hydrogen) atoms. The first-order chi connectivity index (χ1) is 11.7. The standard InChI is InChI=1S/C14H11N7O2S/c22-21(23)8-4-16-19(5-8)6-11-17-13-12-9-2-1-3-10(9)24-14(12)15-7-20(13)18-11/h4-5,7H,1-3,6H2. The smallest absolute Gasteiger partial charge is 0.258 e. The van der Waals surface area contributed by atoms with Gasteiger partial charge in [-0.3, -0.25) is 14.8 Å². The number of rotatable bonds is 3. The summed E-state index contributed by atoms with van der Waals surface area (Å²) in [6, 6.07) is 0. The monoisotopic (exact) mass is 341 g/mol. The Balaban J connectivity index is 1.60. The number of hydrogen-bond acceptors (Lipinski definition) is 7. The zero-order valence-corrected chi connectivity index (χ0v) is 13.2. The Morgan fingerprint density at radius 1 is 1.38 bits per heavy atom. The maximum atomic E-state index is 10.7. The quantitative estimate of drug-likeness (QED) is 0.417. The van der Waals surface area contributed by atoms with E-state index in [2.05, 4.69) is 20.2 Å². The van der Waals surface area contributed by atoms with E-state index in [-0.39, 0.29) is 12.2 Å². The van der Waals surface area contributed by atoms with E-state index in [4.69, 9.17) is 0 Å². The molecule has 4 heterocycles. The van der Waals surface area contributed by atoms with Gasteiger partial charge in [0.05, 0.1) is 10.3 Å². The molecule has 0 aromatic carbocycles. The van der Waals surface area contributed by atoms with Gasteiger partial charge in [-0.2, -0.15) is 5.10 Å². The summed E-state index contributed by atoms with van der Waals surface area (Å²) in [7, 11) is 0. The summed E-state index contributed by atoms with van der Waals surface area (Å²) in [6.07, 6.45) is 7.62. The maximum Gasteiger partial charge on any atom is 0.307 e. The van der Waals surface area contributed by atoms with Crippen LogP contribution in [0.4, 0.5) is 5.69 Å². The summed E-state index contributed by atoms with van der Waals surface area (Å²) < 4.78 is 3.15. The summed E-state index contributed by atoms with van der Waals surface area (Å²) in [4.78, 5) is 21.8. The van der Waals surface area contributed by atoms with Crippen molar-refractivity contribution in [1.29, 1.82) is 0 Å². The number of thiophene rings is 1. The van der Waals surface area contributed by atoms with E-state index >= 15 is 0 Å². The van der Waals surface area contributed by atoms with Crippen molar-refractivity contribution in [3.05, 3.63) is 45.1 Å². The first-order valence-electron chi connectivity index (χ1n) is 7.50. The highest BCUT2D eigenvalue weighted by molar-refractivity contribution is 7.19. The van der Waals surface area contributed by atoms with Gasteiger partial charge in [-0.1, -0.05) is 0 Å². The van der Waals surface area contributed by atoms with Crippen LogP contribution in [0.15, 0.2) is 18.7 Å². The second-order valence-corrected chi connectivity index (χ2v) is 6.82. The van der Waals surface area contributed by atoms with Crippen molar-refractivity contribution in [2.75, 3.05) is 0 Å². The molecule has 0 amide bonds. The fraction of sp³-hybridized carbons (Fsp3) is 0.286. The lowest BCUT2D eigenvalue weighted by atomic mass is 10.2. The Morgan fingerprint density at radius 3 is 3.12 bits per heavy atom. The molecule has 4 aromatic heterocycles. The van der Waals surface area contributed by atoms with Gasteiger partial charge in [0.15, 0.2) is 11.5 Å². The van der Waals surface area contributed by atoms with E-state index in [1.54, 1.807) is 22.2 Å². The van der Waals surface area contributed by atoms with Crippen LogP contribution in [-0.2, 0) is 19.4 Å². The van der Waals surface area contributed by atoms with E-state index in [0.29, 0.717) is 5.82 Å². The molecule has 0 radical (unpaired) electrons. The van der Waals surface area contributed by atoms with E-state index in [0.717, 1.165) is 28.7 Å². The van der Waals surface area contributed by atoms with Crippen molar-refractivity contribution in [2.24, 2.45) is 0 Å². The Kier molecular flexibility index (Phi) is 2.71. The lowest BCUT2D eigenvalue weighted by Gasteiger charge is -1.95. The topological polar surface area (TPSA) is 104 Å². The molecule has 0 saturated carbocycles. The van der Waals surface area contributed by atoms with Crippen molar-refractivity contribution < 1.29 is 4.92 Å². The van der Waals surface area contributed by atoms with E-state index in [9.17, 15) is 10.1 Å². The minimum atomic E-state index is -0.470. The van der Waals surface area contributed by atoms with Crippen molar-refractivity contribution in [2.45, 2.75) is 25.8 Å². The van der Waals surface area contributed by atoms with Crippen molar-refractivity contribution in [3.63, 3.8) is 0 Å². The van der Waals surface area contributed by atoms with Crippen LogP contribution in [-0.4, -0.2) is 34.3 Å². The van der Waals surface area contributed by atoms with Crippen LogP contribution >= 0.6 is 11.3 Å². The molecular formula is C14H11N7O2S. The Hall–Kier alpha value is -2.88. The molecule has 0 fully saturated rings. The van der Waals surface area contributed by atoms with Crippen LogP contribution in [0.25, 0.3) is 15.9 Å². The highest BCUT2D eigenvalue weighted by atomic mass is 32.1. The van der Waals surface area contributed by atoms with E-state index in [1.165, 1.54) is 33.9 Å². The number of hydrogen-bond donors (Lipinski definition) is 0. The van der Waals surface area contributed by atoms with E-state index < -0.39 is 4.92 Å². The van der Waals surface area contributed by atoms with Gasteiger partial charge >= 0.3 is 5.69 Å². The predicted molar refractivity (Wildman–Crippen MR) is 86.2 cm³/mol. The van der Waals surface area contributed by atoms with Crippen LogP contribution in [0, 0.1) is 10.1 Å². The molecule has 1 aliphatic carbocycles. The van der Waals surface area contributed by atoms with Crippen molar-refractivity contribution in [1.82, 2.24) is 29.4 Å². The fourth-order valence-electron chi connectivity index (χ4n) is 3.18. The highest BCUT2D eigenvalue weighted by Crippen LogP contribution is 2.37. The number of nitrogens with zero attached hydrogens (tertiary/aromatic N) is 7. The lowest BCUT2D eigenvalue weighted by Crippen LogP contribution is -2.02. The fourth-order valence-corrected chi connectivity index (χ4v) is 4.41. The summed E-state index contributed by atoms with van der Waals surface area (Å²) in [5.41, 5.74) is 2.11. The number of nitro groups is 1. The molecule has 0 N–H and O–H groups in total. The minimum Gasteiger partial charge on any atom is -0.258 e. The molecular weight excluding hydrogens is 330 g/mol. The lowest BCUT2D eigenvalue weighted by molar-refractivity contribution is -0.385. The van der Waals surface area contributed by atoms with Gasteiger partial charge in [0.25, 0.3) is 0 Å². The zero-order chi connectivity index (χ0) is 16.3. The third-order valence-corrected chi connectivity index (χ3v) is 5.42. The summed E-state index contributed by atoms with van der Waals surface area (Å²) in [5, 5.41) is 20.3. The van der Waals surface area contributed by atoms with Gasteiger partial charge in [0.2, 0.25) is 0 Å². The Labute approximate surface area is 138 Å². The maximum absolute atomic E-state index is 10.7. The summed E-state index contributed by atoms with van der Waals surface area (Å²) in [5.74, 6) is 0.556. The van der Waals surface area contributed by atoms with Gasteiger partial charge in [-0.05, 0) is 24.8 Å². The third kappa shape index (κ3) is 1.92. The minimum absolute atomic E-state index is 0.0431. The second kappa shape index (κ2) is 4.81. The van der Waals surface area contributed by atoms with Gasteiger partial charge in [-0.25, -0.2) is 14.5 Å². The molecule has 120 valence electrons. The van der Waals surface area contributed by atoms with Gasteiger partial charge in [0.1, 0.15) is 30.1 Å². The Bertz CT molecular complexity index is 1110. The van der Waals surface area contributed by atoms with Gasteiger partial charge in [0, 0.05) is 4.88 Å². The van der Waals surface area contributed by atoms with E-state index in [1.807, 2.05) is 0 Å². The number of aryl methyl sites for hydroxylation is 2. The molecule has 0 spiro atoms. The van der Waals surface area contributed by atoms with Crippen molar-refractivity contribution in [3.8, 4) is 0 Å². The van der Waals surface area contributed by atoms with Crippen LogP contribution in [0.5, 0.6) is 0 Å². The molecule has 0 bridgehead atoms. The molecule has 5 rings (SSSR count). The second-order valence-electron chi connectivity index (χ2n) is 5.73. The first kappa shape index (κ1) is 13.5. The predicted octanol–water partition coefficient (Wildman–Crippen LogP) is 1.98. The SMILES string of the molecule is O=[N+]([O-])c1cnn(Cc2nc3c4c5c(sc4ncn3n2)CCC5)c1. The normalized spacial score (nSPS) is 13.8. The van der Waals surface area contributed by atoms with Crippen molar-refractivity contribution >= 4 is 32.9 Å². The van der Waals surface area contributed by atoms with Crippen LogP contribution in [0.1, 0.15) is 22.7 Å². The number of fused-ring (bicyclic) bond motifs is 5. The molecule has 0 saturated heterocycles. The molecule has 4 aromatic rings. The average molecular weight is 341 g/mol. The number of aromatic nitrogens is 6. The van der Waals surface area contributed by atoms with Crippen LogP contribution < -0.4 is 0 Å². The van der Waals surface area contributed by atoms with Gasteiger partial charge < -0.3 is 0 Å². The molecule has 0 unspecified atom stereocenters. The van der Waals surface area contributed by atoms with Crippen LogP contribution in [0.2, 0.25) is 0 Å². The Morgan fingerprint density at radius 2 is 2.29 bits per heavy atom. The summed E-state index contributed by atoms with van der Waals surface area (Å²) >= 11 is 1.74. The summed E-state index contributed by atoms with van der Waals surface area (Å²) in [6.45, 7) is 0.281. The molecule has 10 heteroatoms. The first-order valence-corrected chi connectivity index (χ1v) is 8.32. The molecule has 1 aliphatic rings. The average Bonchev–Trinajstić information content (AvgIpc) is 3.28. The van der Waals surface area contributed by atoms with Crippen LogP contribution in [0.3, 0.4) is 0 Å². The molecule has 0 atom stereocenters. The largest absolute Gasteiger partial charge is 0.307 e. The highest BCUT2D eigenvalue weighted by Gasteiger charge is 2.22.